The van der Waals surface area contributed by atoms with Gasteiger partial charge >= 0.3 is 24.1 Å². The third-order valence-corrected chi connectivity index (χ3v) is 16.7. The molecular weight excluding hydrogens is 1180 g/mol. The summed E-state index contributed by atoms with van der Waals surface area (Å²) in [5.41, 5.74) is 13.1. The molecule has 0 aromatic heterocycles. The average Bonchev–Trinajstić information content (AvgIpc) is 1.67. The Balaban J connectivity index is 1.85. The first-order valence-electron chi connectivity index (χ1n) is 32.7. The van der Waals surface area contributed by atoms with Gasteiger partial charge in [-0.25, -0.2) is 9.59 Å². The van der Waals surface area contributed by atoms with Crippen LogP contribution in [0, 0.1) is 47.9 Å². The van der Waals surface area contributed by atoms with Gasteiger partial charge in [0.2, 0.25) is 35.4 Å². The highest BCUT2D eigenvalue weighted by molar-refractivity contribution is 5.91. The lowest BCUT2D eigenvalue weighted by atomic mass is 9.80. The number of alkyl carbamates (subject to hydrolysis) is 2. The molecule has 0 aromatic rings. The molecule has 0 aromatic carbocycles. The third kappa shape index (κ3) is 31.7. The molecular formula is C63H110N10O18. The second kappa shape index (κ2) is 47.5. The second-order valence-electron chi connectivity index (χ2n) is 23.2. The number of unbranched alkanes of at least 4 members (excludes halogenated alkanes) is 6. The van der Waals surface area contributed by atoms with E-state index in [9.17, 15) is 47.9 Å². The van der Waals surface area contributed by atoms with Crippen molar-refractivity contribution in [1.82, 2.24) is 42.5 Å². The molecule has 2 fully saturated rings. The van der Waals surface area contributed by atoms with Crippen LogP contribution in [-0.4, -0.2) is 202 Å². The highest BCUT2D eigenvalue weighted by Gasteiger charge is 2.54. The third-order valence-electron chi connectivity index (χ3n) is 16.7. The topological polar surface area (TPSA) is 393 Å². The van der Waals surface area contributed by atoms with Gasteiger partial charge < -0.3 is 91.9 Å². The van der Waals surface area contributed by atoms with Crippen molar-refractivity contribution in [1.29, 1.82) is 0 Å². The van der Waals surface area contributed by atoms with Gasteiger partial charge in [-0.05, 0) is 56.8 Å². The second-order valence-corrected chi connectivity index (χ2v) is 23.2. The molecule has 2 rings (SSSR count). The monoisotopic (exact) mass is 1290 g/mol. The van der Waals surface area contributed by atoms with E-state index >= 15 is 0 Å². The molecule has 28 heteroatoms. The Kier molecular flexibility index (Phi) is 42.1. The van der Waals surface area contributed by atoms with Gasteiger partial charge in [0.1, 0.15) is 24.9 Å². The molecule has 11 atom stereocenters. The first-order chi connectivity index (χ1) is 43.7. The lowest BCUT2D eigenvalue weighted by molar-refractivity contribution is -0.150. The van der Waals surface area contributed by atoms with Crippen LogP contribution >= 0.6 is 0 Å². The summed E-state index contributed by atoms with van der Waals surface area (Å²) in [6, 6.07) is -3.04. The number of amides is 8. The molecule has 520 valence electrons. The Morgan fingerprint density at radius 1 is 0.495 bits per heavy atom. The first-order valence-corrected chi connectivity index (χ1v) is 32.7. The SMILES string of the molecule is C#CCOCCOCCOCCOCCC(=O)N[C@H](CCC(=O)NCCCCCCNC(=O)O[C@H]1[C@@H]([C@@H](NC(C)=O)C(CC)CC)[C@H](N)C[C@@H]1C(=O)OC)C(=O)NCC(=O)NCCCCCCNC(=O)O[C@H]1[C@@H]([C@@H](NC(C)=O)C(CC)CC)[C@H](N)C[C@@H]1C(=O)OC. The minimum Gasteiger partial charge on any atom is -0.469 e. The number of rotatable bonds is 48. The molecule has 0 heterocycles. The lowest BCUT2D eigenvalue weighted by Gasteiger charge is -2.36. The van der Waals surface area contributed by atoms with E-state index in [4.69, 9.17) is 55.8 Å². The van der Waals surface area contributed by atoms with Crippen molar-refractivity contribution in [2.75, 3.05) is 99.8 Å². The fourth-order valence-corrected chi connectivity index (χ4v) is 11.9. The predicted molar refractivity (Wildman–Crippen MR) is 337 cm³/mol. The van der Waals surface area contributed by atoms with Crippen LogP contribution in [0.2, 0.25) is 0 Å². The quantitative estimate of drug-likeness (QED) is 0.0181. The number of hydrogen-bond donors (Lipinski definition) is 10. The Morgan fingerprint density at radius 3 is 1.29 bits per heavy atom. The number of terminal acetylenes is 1. The molecule has 12 N–H and O–H groups in total. The molecule has 2 aliphatic carbocycles. The molecule has 0 aliphatic heterocycles. The summed E-state index contributed by atoms with van der Waals surface area (Å²) < 4.78 is 43.4. The Labute approximate surface area is 538 Å². The van der Waals surface area contributed by atoms with Gasteiger partial charge in [-0.3, -0.25) is 38.4 Å². The van der Waals surface area contributed by atoms with Gasteiger partial charge in [-0.15, -0.1) is 6.42 Å². The molecule has 0 radical (unpaired) electrons. The van der Waals surface area contributed by atoms with Crippen molar-refractivity contribution >= 4 is 59.6 Å². The smallest absolute Gasteiger partial charge is 0.407 e. The van der Waals surface area contributed by atoms with Crippen LogP contribution in [0.1, 0.15) is 151 Å². The van der Waals surface area contributed by atoms with Crippen LogP contribution in [0.3, 0.4) is 0 Å². The van der Waals surface area contributed by atoms with Crippen LogP contribution in [0.25, 0.3) is 0 Å². The minimum atomic E-state index is -1.15. The number of hydrogen-bond acceptors (Lipinski definition) is 20. The highest BCUT2D eigenvalue weighted by atomic mass is 16.6. The molecule has 0 saturated heterocycles. The number of ether oxygens (including phenoxy) is 8. The van der Waals surface area contributed by atoms with Gasteiger partial charge in [-0.2, -0.15) is 0 Å². The van der Waals surface area contributed by atoms with E-state index in [2.05, 4.69) is 48.5 Å². The van der Waals surface area contributed by atoms with Crippen molar-refractivity contribution in [3.63, 3.8) is 0 Å². The maximum atomic E-state index is 13.5. The summed E-state index contributed by atoms with van der Waals surface area (Å²) in [7, 11) is 2.53. The van der Waals surface area contributed by atoms with Crippen LogP contribution in [0.15, 0.2) is 0 Å². The van der Waals surface area contributed by atoms with Crippen LogP contribution in [-0.2, 0) is 76.3 Å². The molecule has 28 nitrogen and oxygen atoms in total. The average molecular weight is 1300 g/mol. The van der Waals surface area contributed by atoms with Crippen molar-refractivity contribution in [3.05, 3.63) is 0 Å². The van der Waals surface area contributed by atoms with E-state index in [1.807, 2.05) is 27.7 Å². The molecule has 91 heavy (non-hydrogen) atoms. The number of methoxy groups -OCH3 is 2. The number of carbonyl (C=O) groups excluding carboxylic acids is 10. The fraction of sp³-hybridized carbons (Fsp3) is 0.810. The van der Waals surface area contributed by atoms with E-state index in [0.717, 1.165) is 25.7 Å². The van der Waals surface area contributed by atoms with Crippen LogP contribution < -0.4 is 54.0 Å². The Morgan fingerprint density at radius 2 is 0.890 bits per heavy atom. The predicted octanol–water partition coefficient (Wildman–Crippen LogP) is 2.15. The van der Waals surface area contributed by atoms with Crippen molar-refractivity contribution in [2.24, 2.45) is 47.0 Å². The molecule has 0 bridgehead atoms. The zero-order chi connectivity index (χ0) is 67.5. The number of nitrogens with two attached hydrogens (primary N) is 2. The van der Waals surface area contributed by atoms with E-state index in [0.29, 0.717) is 90.9 Å². The highest BCUT2D eigenvalue weighted by Crippen LogP contribution is 2.41. The van der Waals surface area contributed by atoms with E-state index in [-0.39, 0.29) is 108 Å². The van der Waals surface area contributed by atoms with Crippen molar-refractivity contribution < 1.29 is 85.8 Å². The van der Waals surface area contributed by atoms with Crippen LogP contribution in [0.5, 0.6) is 0 Å². The molecule has 2 aliphatic rings. The molecule has 0 spiro atoms. The Hall–Kier alpha value is -6.38. The maximum Gasteiger partial charge on any atom is 0.407 e. The van der Waals surface area contributed by atoms with Gasteiger partial charge in [0.05, 0.1) is 78.8 Å². The van der Waals surface area contributed by atoms with Gasteiger partial charge in [0.15, 0.2) is 0 Å². The number of carbonyl (C=O) groups is 10. The standard InChI is InChI=1S/C63H110N10O18/c1-10-30-86-32-34-88-36-37-89-35-33-87-31-25-51(77)73-49(23-24-50(76)66-26-19-15-17-21-28-68-62(82)90-57-45(60(80)84-8)38-47(64)53(57)55(71-41(6)74)43(11-2)12-3)59(79)70-40-52(78)67-27-20-16-18-22-29-69-63(83)91-58-46(61(81)85-9)39-48(65)54(58)56(72-42(7)75)44(13-4)14-5/h1,43-49,53-58H,11-40,64-65H2,2-9H3,(H,66,76)(H,67,78)(H,68,82)(H,69,83)(H,70,79)(H,71,74)(H,72,75)(H,73,77)/t45-,46-,47+,48+,49+,53+,54+,55-,56-,57+,58+/m0/s1. The van der Waals surface area contributed by atoms with Gasteiger partial charge in [0, 0.05) is 88.9 Å². The molecule has 0 unspecified atom stereocenters. The summed E-state index contributed by atoms with van der Waals surface area (Å²) >= 11 is 0. The van der Waals surface area contributed by atoms with Crippen LogP contribution in [0.4, 0.5) is 9.59 Å². The zero-order valence-corrected chi connectivity index (χ0v) is 55.3. The minimum absolute atomic E-state index is 0.0304. The maximum absolute atomic E-state index is 13.5. The summed E-state index contributed by atoms with van der Waals surface area (Å²) in [5, 5.41) is 22.4. The number of esters is 2. The fourth-order valence-electron chi connectivity index (χ4n) is 11.9. The van der Waals surface area contributed by atoms with Crippen molar-refractivity contribution in [3.8, 4) is 12.3 Å². The van der Waals surface area contributed by atoms with Gasteiger partial charge in [0.25, 0.3) is 0 Å². The van der Waals surface area contributed by atoms with E-state index in [1.165, 1.54) is 28.1 Å². The normalized spacial score (nSPS) is 20.3. The largest absolute Gasteiger partial charge is 0.469 e. The molecule has 2 saturated carbocycles. The zero-order valence-electron chi connectivity index (χ0n) is 55.3. The van der Waals surface area contributed by atoms with E-state index in [1.54, 1.807) is 0 Å². The van der Waals surface area contributed by atoms with Gasteiger partial charge in [-0.1, -0.05) is 85.0 Å². The summed E-state index contributed by atoms with van der Waals surface area (Å²) in [6.07, 6.45) is 10.3. The summed E-state index contributed by atoms with van der Waals surface area (Å²) in [5.74, 6) is -3.72. The van der Waals surface area contributed by atoms with Crippen molar-refractivity contribution in [2.45, 2.75) is 193 Å². The first kappa shape index (κ1) is 80.7. The van der Waals surface area contributed by atoms with E-state index < -0.39 is 108 Å². The summed E-state index contributed by atoms with van der Waals surface area (Å²) in [6.45, 7) is 13.8. The number of nitrogens with one attached hydrogen (secondary N) is 8. The molecule has 8 amide bonds. The Bertz CT molecular complexity index is 2240. The lowest BCUT2D eigenvalue weighted by Crippen LogP contribution is -2.53. The summed E-state index contributed by atoms with van der Waals surface area (Å²) in [4.78, 5) is 129.